The van der Waals surface area contributed by atoms with E-state index >= 15 is 22.0 Å². The monoisotopic (exact) mass is 734 g/mol. The van der Waals surface area contributed by atoms with E-state index in [1.807, 2.05) is 97.1 Å². The maximum atomic E-state index is 16.2. The molecule has 8 rings (SSSR count). The summed E-state index contributed by atoms with van der Waals surface area (Å²) in [6, 6.07) is 39.3. The van der Waals surface area contributed by atoms with Crippen LogP contribution in [0.5, 0.6) is 0 Å². The van der Waals surface area contributed by atoms with E-state index in [-0.39, 0.29) is 5.82 Å². The largest absolute Gasteiger partial charge is 0.319 e. The molecule has 0 radical (unpaired) electrons. The van der Waals surface area contributed by atoms with Crippen molar-refractivity contribution in [1.82, 2.24) is 9.55 Å². The van der Waals surface area contributed by atoms with Crippen LogP contribution in [0.4, 0.5) is 30.7 Å². The minimum absolute atomic E-state index is 0.250. The lowest BCUT2D eigenvalue weighted by atomic mass is 9.99. The summed E-state index contributed by atoms with van der Waals surface area (Å²) in [5.41, 5.74) is 1.73. The highest BCUT2D eigenvalue weighted by Gasteiger charge is 2.33. The summed E-state index contributed by atoms with van der Waals surface area (Å²) in [4.78, 5) is 5.21. The first-order valence-corrected chi connectivity index (χ1v) is 18.3. The van der Waals surface area contributed by atoms with E-state index in [0.717, 1.165) is 21.4 Å². The van der Waals surface area contributed by atoms with Gasteiger partial charge in [-0.3, -0.25) is 0 Å². The first-order valence-electron chi connectivity index (χ1n) is 16.5. The van der Waals surface area contributed by atoms with Gasteiger partial charge < -0.3 is 4.57 Å². The average Bonchev–Trinajstić information content (AvgIpc) is 3.58. The molecule has 1 unspecified atom stereocenters. The molecule has 53 heavy (non-hydrogen) atoms. The number of fused-ring (bicyclic) bond motifs is 2. The van der Waals surface area contributed by atoms with Crippen LogP contribution in [0.25, 0.3) is 55.4 Å². The summed E-state index contributed by atoms with van der Waals surface area (Å²) in [6.07, 6.45) is 0. The van der Waals surface area contributed by atoms with E-state index in [1.165, 1.54) is 4.57 Å². The quantitative estimate of drug-likeness (QED) is 0.0690. The molecule has 1 aromatic heterocycles. The van der Waals surface area contributed by atoms with Crippen LogP contribution in [0.1, 0.15) is 5.56 Å². The second-order valence-electron chi connectivity index (χ2n) is 12.5. The lowest BCUT2D eigenvalue weighted by Crippen LogP contribution is -2.17. The number of aromatic nitrogens is 2. The van der Waals surface area contributed by atoms with Gasteiger partial charge in [0.2, 0.25) is 0 Å². The van der Waals surface area contributed by atoms with Crippen molar-refractivity contribution in [2.75, 3.05) is 6.66 Å². The Bertz CT molecular complexity index is 2670. The molecule has 262 valence electrons. The van der Waals surface area contributed by atoms with Gasteiger partial charge in [0.25, 0.3) is 0 Å². The molecule has 0 aliphatic rings. The highest BCUT2D eigenvalue weighted by atomic mass is 31.1. The van der Waals surface area contributed by atoms with Crippen LogP contribution in [0, 0.1) is 40.7 Å². The Balaban J connectivity index is 1.54. The lowest BCUT2D eigenvalue weighted by molar-refractivity contribution is 0.408. The van der Waals surface area contributed by atoms with Gasteiger partial charge in [-0.05, 0) is 36.0 Å². The topological polar surface area (TPSA) is 17.8 Å². The van der Waals surface area contributed by atoms with Crippen molar-refractivity contribution in [3.8, 4) is 33.9 Å². The molecule has 0 saturated carbocycles. The van der Waals surface area contributed by atoms with Gasteiger partial charge in [-0.2, -0.15) is 0 Å². The molecule has 0 fully saturated rings. The molecule has 0 N–H and O–H groups in total. The molecule has 2 nitrogen and oxygen atoms in total. The Hall–Kier alpha value is -5.79. The van der Waals surface area contributed by atoms with Crippen LogP contribution >= 0.6 is 7.92 Å². The van der Waals surface area contributed by atoms with E-state index in [4.69, 9.17) is 4.98 Å². The van der Waals surface area contributed by atoms with Crippen LogP contribution < -0.4 is 10.6 Å². The minimum atomic E-state index is -2.34. The predicted molar refractivity (Wildman–Crippen MR) is 197 cm³/mol. The normalized spacial score (nSPS) is 12.2. The van der Waals surface area contributed by atoms with Crippen molar-refractivity contribution in [3.05, 3.63) is 174 Å². The number of nitrogens with zero attached hydrogens (tertiary/aromatic N) is 2. The molecule has 1 atom stereocenters. The summed E-state index contributed by atoms with van der Waals surface area (Å²) < 4.78 is 108. The van der Waals surface area contributed by atoms with Crippen molar-refractivity contribution < 1.29 is 30.7 Å². The molecular formula is C43H26F7N2P. The molecule has 10 heteroatoms. The lowest BCUT2D eigenvalue weighted by Gasteiger charge is -2.22. The molecular weight excluding hydrogens is 708 g/mol. The summed E-state index contributed by atoms with van der Waals surface area (Å²) in [6.45, 7) is 1.30. The Morgan fingerprint density at radius 1 is 0.528 bits per heavy atom. The smallest absolute Gasteiger partial charge is 0.198 e. The molecule has 7 aromatic carbocycles. The fourth-order valence-electron chi connectivity index (χ4n) is 6.92. The molecule has 0 amide bonds. The summed E-state index contributed by atoms with van der Waals surface area (Å²) >= 11 is 0. The zero-order valence-corrected chi connectivity index (χ0v) is 28.7. The van der Waals surface area contributed by atoms with Crippen molar-refractivity contribution in [3.63, 3.8) is 0 Å². The van der Waals surface area contributed by atoms with E-state index < -0.39 is 71.5 Å². The number of hydrogen-bond donors (Lipinski definition) is 0. The van der Waals surface area contributed by atoms with Crippen LogP contribution in [0.15, 0.2) is 127 Å². The van der Waals surface area contributed by atoms with E-state index in [0.29, 0.717) is 28.1 Å². The highest BCUT2D eigenvalue weighted by Crippen LogP contribution is 2.43. The summed E-state index contributed by atoms with van der Waals surface area (Å²) in [5.74, 6) is -14.8. The maximum absolute atomic E-state index is 16.2. The fourth-order valence-corrected chi connectivity index (χ4v) is 8.68. The Morgan fingerprint density at radius 3 is 1.70 bits per heavy atom. The summed E-state index contributed by atoms with van der Waals surface area (Å²) in [5, 5.41) is 0.732. The summed E-state index contributed by atoms with van der Waals surface area (Å²) in [7, 11) is -1.07. The van der Waals surface area contributed by atoms with Crippen LogP contribution in [-0.2, 0) is 6.54 Å². The second-order valence-corrected chi connectivity index (χ2v) is 14.6. The molecule has 0 spiro atoms. The van der Waals surface area contributed by atoms with Gasteiger partial charge in [-0.15, -0.1) is 0 Å². The third kappa shape index (κ3) is 5.67. The number of imidazole rings is 1. The van der Waals surface area contributed by atoms with Crippen LogP contribution in [0.3, 0.4) is 0 Å². The van der Waals surface area contributed by atoms with Crippen molar-refractivity contribution in [2.45, 2.75) is 6.54 Å². The van der Waals surface area contributed by atoms with Crippen molar-refractivity contribution >= 4 is 40.1 Å². The first kappa shape index (κ1) is 34.3. The predicted octanol–water partition coefficient (Wildman–Crippen LogP) is 11.3. The number of benzene rings is 7. The van der Waals surface area contributed by atoms with Crippen LogP contribution in [0.2, 0.25) is 0 Å². The van der Waals surface area contributed by atoms with Gasteiger partial charge in [-0.1, -0.05) is 127 Å². The maximum Gasteiger partial charge on any atom is 0.198 e. The standard InChI is InChI=1S/C43H26F7N2P/c1-53(27-18-9-4-10-19-27)30-22-21-24-13-11-12-20-28(24)31(30)43-51-41(25-14-5-2-6-15-25)42(26-16-7-3-8-17-26)52(43)23-29-32-33(36(46)38(48)34(29)44)37(47)40(50)39(49)35(32)45/h2-22H,23H2,1H3. The van der Waals surface area contributed by atoms with Crippen LogP contribution in [-0.4, -0.2) is 16.2 Å². The molecule has 0 bridgehead atoms. The number of hydrogen-bond acceptors (Lipinski definition) is 1. The first-order chi connectivity index (χ1) is 25.7. The molecule has 8 aromatic rings. The molecule has 0 aliphatic carbocycles. The highest BCUT2D eigenvalue weighted by molar-refractivity contribution is 7.72. The van der Waals surface area contributed by atoms with Crippen molar-refractivity contribution in [1.29, 1.82) is 0 Å². The molecule has 0 saturated heterocycles. The third-order valence-electron chi connectivity index (χ3n) is 9.45. The molecule has 1 heterocycles. The van der Waals surface area contributed by atoms with Gasteiger partial charge in [0.1, 0.15) is 5.82 Å². The van der Waals surface area contributed by atoms with Gasteiger partial charge in [-0.25, -0.2) is 35.7 Å². The fraction of sp³-hybridized carbons (Fsp3) is 0.0465. The minimum Gasteiger partial charge on any atom is -0.319 e. The number of rotatable bonds is 7. The van der Waals surface area contributed by atoms with E-state index in [9.17, 15) is 8.78 Å². The zero-order chi connectivity index (χ0) is 37.0. The Kier molecular flexibility index (Phi) is 8.83. The molecule has 0 aliphatic heterocycles. The Labute approximate surface area is 300 Å². The van der Waals surface area contributed by atoms with Gasteiger partial charge in [0.15, 0.2) is 40.7 Å². The second kappa shape index (κ2) is 13.6. The number of halogens is 7. The Morgan fingerprint density at radius 2 is 1.06 bits per heavy atom. The van der Waals surface area contributed by atoms with Crippen molar-refractivity contribution in [2.24, 2.45) is 0 Å². The van der Waals surface area contributed by atoms with E-state index in [2.05, 4.69) is 6.66 Å². The van der Waals surface area contributed by atoms with Gasteiger partial charge in [0, 0.05) is 27.6 Å². The zero-order valence-electron chi connectivity index (χ0n) is 27.8. The van der Waals surface area contributed by atoms with Gasteiger partial charge >= 0.3 is 0 Å². The average molecular weight is 735 g/mol. The third-order valence-corrected chi connectivity index (χ3v) is 11.6. The van der Waals surface area contributed by atoms with E-state index in [1.54, 1.807) is 30.3 Å². The SMILES string of the molecule is CP(c1ccccc1)c1ccc2ccccc2c1-c1nc(-c2ccccc2)c(-c2ccccc2)n1Cc1c(F)c(F)c(F)c2c(F)c(F)c(F)c(F)c12. The van der Waals surface area contributed by atoms with Gasteiger partial charge in [0.05, 0.1) is 23.3 Å².